The van der Waals surface area contributed by atoms with Crippen molar-refractivity contribution in [2.75, 3.05) is 13.1 Å². The zero-order valence-electron chi connectivity index (χ0n) is 21.8. The third-order valence-corrected chi connectivity index (χ3v) is 7.26. The molecule has 3 heterocycles. The van der Waals surface area contributed by atoms with Crippen LogP contribution in [0.4, 0.5) is 13.6 Å². The van der Waals surface area contributed by atoms with E-state index >= 15 is 0 Å². The third-order valence-electron chi connectivity index (χ3n) is 7.26. The fraction of sp³-hybridized carbons (Fsp3) is 0.429. The zero-order chi connectivity index (χ0) is 27.4. The predicted molar refractivity (Wildman–Crippen MR) is 138 cm³/mol. The summed E-state index contributed by atoms with van der Waals surface area (Å²) in [6.45, 7) is 5.84. The normalized spacial score (nSPS) is 21.4. The van der Waals surface area contributed by atoms with E-state index in [1.54, 1.807) is 36.1 Å². The number of H-pyrrole nitrogens is 1. The number of hydrogen-bond acceptors (Lipinski definition) is 5. The number of phenolic OH excluding ortho intramolecular Hbond substituents is 1. The maximum Gasteiger partial charge on any atom is 0.387 e. The van der Waals surface area contributed by atoms with Gasteiger partial charge in [0.05, 0.1) is 0 Å². The molecular formula is C28H32F2N4O4. The number of benzene rings is 2. The Hall–Kier alpha value is -3.66. The lowest BCUT2D eigenvalue weighted by Crippen LogP contribution is -2.53. The Morgan fingerprint density at radius 1 is 1.21 bits per heavy atom. The fourth-order valence-electron chi connectivity index (χ4n) is 5.61. The second-order valence-electron chi connectivity index (χ2n) is 11.2. The number of halogens is 2. The Labute approximate surface area is 219 Å². The molecule has 2 atom stereocenters. The molecule has 1 saturated heterocycles. The van der Waals surface area contributed by atoms with Gasteiger partial charge >= 0.3 is 12.6 Å². The molecule has 2 aromatic carbocycles. The summed E-state index contributed by atoms with van der Waals surface area (Å²) in [4.78, 5) is 33.9. The second kappa shape index (κ2) is 9.27. The molecule has 1 aromatic heterocycles. The number of alkyl halides is 2. The number of carbonyl (C=O) groups is 2. The number of urea groups is 1. The molecule has 3 amide bonds. The van der Waals surface area contributed by atoms with Gasteiger partial charge in [0.2, 0.25) is 0 Å². The van der Waals surface area contributed by atoms with E-state index in [1.807, 2.05) is 0 Å². The molecule has 202 valence electrons. The van der Waals surface area contributed by atoms with Gasteiger partial charge in [-0.25, -0.2) is 4.79 Å². The van der Waals surface area contributed by atoms with Crippen LogP contribution in [0.5, 0.6) is 11.5 Å². The number of nitrogens with one attached hydrogen (secondary N) is 2. The van der Waals surface area contributed by atoms with Crippen LogP contribution in [0, 0.1) is 0 Å². The van der Waals surface area contributed by atoms with E-state index in [-0.39, 0.29) is 35.9 Å². The van der Waals surface area contributed by atoms with E-state index in [4.69, 9.17) is 0 Å². The summed E-state index contributed by atoms with van der Waals surface area (Å²) < 4.78 is 30.5. The number of carbonyl (C=O) groups excluding carboxylic acids is 2. The number of fused-ring (bicyclic) bond motifs is 4. The Kier molecular flexibility index (Phi) is 6.33. The van der Waals surface area contributed by atoms with Crippen LogP contribution in [0.25, 0.3) is 10.9 Å². The number of aromatic amines is 1. The first kappa shape index (κ1) is 26.0. The van der Waals surface area contributed by atoms with Crippen molar-refractivity contribution in [3.63, 3.8) is 0 Å². The lowest BCUT2D eigenvalue weighted by Gasteiger charge is -2.42. The molecule has 2 aliphatic heterocycles. The zero-order valence-corrected chi connectivity index (χ0v) is 21.8. The first-order valence-electron chi connectivity index (χ1n) is 12.7. The quantitative estimate of drug-likeness (QED) is 0.300. The number of nitrogens with zero attached hydrogens (tertiary/aromatic N) is 2. The topological polar surface area (TPSA) is 97.9 Å². The van der Waals surface area contributed by atoms with Gasteiger partial charge in [0.1, 0.15) is 23.1 Å². The Balaban J connectivity index is 1.58. The van der Waals surface area contributed by atoms with E-state index in [9.17, 15) is 23.5 Å². The highest BCUT2D eigenvalue weighted by molar-refractivity contribution is 6.08. The number of amides is 3. The minimum Gasteiger partial charge on any atom is -0.508 e. The molecule has 0 spiro atoms. The number of aromatic hydroxyl groups is 1. The number of aromatic nitrogens is 1. The number of hydrogen-bond donors (Lipinski definition) is 3. The van der Waals surface area contributed by atoms with Crippen molar-refractivity contribution in [1.29, 1.82) is 0 Å². The van der Waals surface area contributed by atoms with Crippen molar-refractivity contribution in [1.82, 2.24) is 20.1 Å². The van der Waals surface area contributed by atoms with Crippen LogP contribution < -0.4 is 10.1 Å². The Morgan fingerprint density at radius 2 is 1.97 bits per heavy atom. The van der Waals surface area contributed by atoms with Crippen LogP contribution in [-0.2, 0) is 11.2 Å². The summed E-state index contributed by atoms with van der Waals surface area (Å²) in [5.74, 6) is -0.260. The third kappa shape index (κ3) is 4.47. The number of rotatable bonds is 7. The van der Waals surface area contributed by atoms with E-state index in [0.717, 1.165) is 5.56 Å². The van der Waals surface area contributed by atoms with Crippen molar-refractivity contribution in [3.8, 4) is 11.5 Å². The van der Waals surface area contributed by atoms with Gasteiger partial charge in [0.15, 0.2) is 0 Å². The first-order chi connectivity index (χ1) is 17.9. The highest BCUT2D eigenvalue weighted by Crippen LogP contribution is 2.49. The summed E-state index contributed by atoms with van der Waals surface area (Å²) >= 11 is 0. The highest BCUT2D eigenvalue weighted by Gasteiger charge is 2.60. The molecule has 0 bridgehead atoms. The minimum atomic E-state index is -2.97. The van der Waals surface area contributed by atoms with Crippen molar-refractivity contribution in [3.05, 3.63) is 59.3 Å². The molecule has 8 nitrogen and oxygen atoms in total. The molecule has 0 aliphatic carbocycles. The first-order valence-corrected chi connectivity index (χ1v) is 12.7. The number of imide groups is 1. The number of phenols is 1. The van der Waals surface area contributed by atoms with Gasteiger partial charge < -0.3 is 20.1 Å². The minimum absolute atomic E-state index is 0.0117. The molecule has 5 rings (SSSR count). The van der Waals surface area contributed by atoms with Crippen LogP contribution >= 0.6 is 0 Å². The van der Waals surface area contributed by atoms with E-state index in [2.05, 4.69) is 35.8 Å². The van der Waals surface area contributed by atoms with Gasteiger partial charge in [0.25, 0.3) is 5.91 Å². The van der Waals surface area contributed by atoms with Gasteiger partial charge in [-0.2, -0.15) is 8.78 Å². The SMILES string of the molecule is CC(C)(C)NCCCN1C(=O)N2C(c3cccc(O)c3)c3[nH]c4ccc(OC(F)F)cc4c3CC2(C)C1=O. The molecular weight excluding hydrogens is 494 g/mol. The van der Waals surface area contributed by atoms with E-state index < -0.39 is 24.2 Å². The summed E-state index contributed by atoms with van der Waals surface area (Å²) in [7, 11) is 0. The number of ether oxygens (including phenoxy) is 1. The van der Waals surface area contributed by atoms with Crippen molar-refractivity contribution < 1.29 is 28.2 Å². The van der Waals surface area contributed by atoms with Crippen LogP contribution in [0.1, 0.15) is 57.0 Å². The van der Waals surface area contributed by atoms with Crippen molar-refractivity contribution in [2.24, 2.45) is 0 Å². The van der Waals surface area contributed by atoms with Gasteiger partial charge in [0, 0.05) is 35.1 Å². The lowest BCUT2D eigenvalue weighted by molar-refractivity contribution is -0.133. The summed E-state index contributed by atoms with van der Waals surface area (Å²) in [6, 6.07) is 10.1. The van der Waals surface area contributed by atoms with Gasteiger partial charge in [-0.15, -0.1) is 0 Å². The summed E-state index contributed by atoms with van der Waals surface area (Å²) in [6.07, 6.45) is 0.801. The molecule has 3 aromatic rings. The monoisotopic (exact) mass is 526 g/mol. The van der Waals surface area contributed by atoms with Crippen LogP contribution in [0.3, 0.4) is 0 Å². The van der Waals surface area contributed by atoms with Crippen molar-refractivity contribution >= 4 is 22.8 Å². The molecule has 0 saturated carbocycles. The van der Waals surface area contributed by atoms with E-state index in [1.165, 1.54) is 23.1 Å². The van der Waals surface area contributed by atoms with Crippen LogP contribution in [-0.4, -0.2) is 62.6 Å². The average molecular weight is 527 g/mol. The van der Waals surface area contributed by atoms with Gasteiger partial charge in [-0.05, 0) is 82.1 Å². The van der Waals surface area contributed by atoms with Crippen LogP contribution in [0.2, 0.25) is 0 Å². The van der Waals surface area contributed by atoms with Crippen molar-refractivity contribution in [2.45, 2.75) is 64.3 Å². The fourth-order valence-corrected chi connectivity index (χ4v) is 5.61. The second-order valence-corrected chi connectivity index (χ2v) is 11.2. The summed E-state index contributed by atoms with van der Waals surface area (Å²) in [5, 5.41) is 14.3. The molecule has 10 heteroatoms. The maximum absolute atomic E-state index is 13.8. The van der Waals surface area contributed by atoms with Gasteiger partial charge in [-0.1, -0.05) is 12.1 Å². The largest absolute Gasteiger partial charge is 0.508 e. The maximum atomic E-state index is 13.8. The predicted octanol–water partition coefficient (Wildman–Crippen LogP) is 4.92. The molecule has 2 unspecified atom stereocenters. The van der Waals surface area contributed by atoms with Crippen LogP contribution in [0.15, 0.2) is 42.5 Å². The summed E-state index contributed by atoms with van der Waals surface area (Å²) in [5.41, 5.74) is 1.45. The highest BCUT2D eigenvalue weighted by atomic mass is 19.3. The van der Waals surface area contributed by atoms with E-state index in [0.29, 0.717) is 35.1 Å². The van der Waals surface area contributed by atoms with Gasteiger partial charge in [-0.3, -0.25) is 14.6 Å². The lowest BCUT2D eigenvalue weighted by atomic mass is 9.81. The smallest absolute Gasteiger partial charge is 0.387 e. The standard InChI is InChI=1S/C28H32F2N4O4/c1-27(2,3)31-11-6-12-33-24(36)28(4)15-20-19-14-18(38-25(29)30)9-10-21(19)32-22(20)23(34(28)26(33)37)16-7-5-8-17(35)13-16/h5,7-10,13-14,23,25,31-32,35H,6,11-12,15H2,1-4H3. The molecule has 0 radical (unpaired) electrons. The molecule has 2 aliphatic rings. The average Bonchev–Trinajstić information content (AvgIpc) is 3.26. The molecule has 1 fully saturated rings. The molecule has 38 heavy (non-hydrogen) atoms. The Morgan fingerprint density at radius 3 is 2.66 bits per heavy atom. The Bertz CT molecular complexity index is 1400. The molecule has 3 N–H and O–H groups in total.